The number of aliphatic hydroxyl groups excluding tert-OH is 4. The average Bonchev–Trinajstić information content (AvgIpc) is 2.47. The van der Waals surface area contributed by atoms with Crippen LogP contribution in [0.3, 0.4) is 0 Å². The van der Waals surface area contributed by atoms with Crippen molar-refractivity contribution in [3.05, 3.63) is 33.4 Å². The summed E-state index contributed by atoms with van der Waals surface area (Å²) >= 11 is 2.15. The third kappa shape index (κ3) is 5.08. The highest BCUT2D eigenvalue weighted by atomic mass is 127. The van der Waals surface area contributed by atoms with Crippen molar-refractivity contribution in [2.75, 3.05) is 6.61 Å². The maximum Gasteiger partial charge on any atom is 0.151 e. The highest BCUT2D eigenvalue weighted by Crippen LogP contribution is 2.12. The van der Waals surface area contributed by atoms with Crippen molar-refractivity contribution in [2.45, 2.75) is 31.0 Å². The highest BCUT2D eigenvalue weighted by Gasteiger charge is 2.31. The Bertz CT molecular complexity index is 410. The largest absolute Gasteiger partial charge is 0.394 e. The Hall–Kier alpha value is -0.580. The first-order chi connectivity index (χ1) is 9.49. The van der Waals surface area contributed by atoms with E-state index in [0.29, 0.717) is 6.29 Å². The number of halogens is 1. The van der Waals surface area contributed by atoms with E-state index >= 15 is 0 Å². The van der Waals surface area contributed by atoms with Gasteiger partial charge in [0, 0.05) is 3.57 Å². The first-order valence-corrected chi connectivity index (χ1v) is 7.04. The molecule has 112 valence electrons. The lowest BCUT2D eigenvalue weighted by molar-refractivity contribution is -0.147. The fraction of sp³-hybridized carbons (Fsp3) is 0.462. The highest BCUT2D eigenvalue weighted by molar-refractivity contribution is 14.1. The molecule has 6 nitrogen and oxygen atoms in total. The number of ether oxygens (including phenoxy) is 1. The molecule has 0 bridgehead atoms. The first kappa shape index (κ1) is 17.5. The third-order valence-electron chi connectivity index (χ3n) is 2.76. The number of rotatable bonds is 8. The lowest BCUT2D eigenvalue weighted by Crippen LogP contribution is -2.47. The standard InChI is InChI=1S/C13H17IO6/c14-9-3-1-8(2-4-9)7-20-11(6-16)13(19)12(18)10(17)5-15/h1-4,6,10-13,15,17-19H,5,7H2/t10-,11+,12-,13-/m1/s1. The second-order valence-corrected chi connectivity index (χ2v) is 5.51. The fourth-order valence-corrected chi connectivity index (χ4v) is 1.88. The van der Waals surface area contributed by atoms with E-state index in [1.165, 1.54) is 0 Å². The molecule has 0 aliphatic carbocycles. The summed E-state index contributed by atoms with van der Waals surface area (Å²) in [5.74, 6) is 0. The van der Waals surface area contributed by atoms with Gasteiger partial charge in [0.05, 0.1) is 13.2 Å². The van der Waals surface area contributed by atoms with Crippen LogP contribution in [-0.4, -0.2) is 57.7 Å². The van der Waals surface area contributed by atoms with E-state index in [4.69, 9.17) is 9.84 Å². The Labute approximate surface area is 130 Å². The number of benzene rings is 1. The van der Waals surface area contributed by atoms with Gasteiger partial charge in [-0.05, 0) is 40.3 Å². The molecule has 0 saturated carbocycles. The summed E-state index contributed by atoms with van der Waals surface area (Å²) in [6.45, 7) is -0.639. The monoisotopic (exact) mass is 396 g/mol. The van der Waals surface area contributed by atoms with Gasteiger partial charge in [-0.25, -0.2) is 0 Å². The summed E-state index contributed by atoms with van der Waals surface area (Å²) in [5, 5.41) is 37.2. The van der Waals surface area contributed by atoms with E-state index in [1.807, 2.05) is 24.3 Å². The number of hydrogen-bond acceptors (Lipinski definition) is 6. The van der Waals surface area contributed by atoms with Gasteiger partial charge in [-0.3, -0.25) is 0 Å². The van der Waals surface area contributed by atoms with Crippen molar-refractivity contribution in [1.29, 1.82) is 0 Å². The summed E-state index contributed by atoms with van der Waals surface area (Å²) in [5.41, 5.74) is 0.807. The fourth-order valence-electron chi connectivity index (χ4n) is 1.52. The Morgan fingerprint density at radius 3 is 2.25 bits per heavy atom. The van der Waals surface area contributed by atoms with Crippen LogP contribution in [0.5, 0.6) is 0 Å². The van der Waals surface area contributed by atoms with E-state index in [-0.39, 0.29) is 6.61 Å². The molecule has 0 saturated heterocycles. The zero-order valence-corrected chi connectivity index (χ0v) is 12.8. The van der Waals surface area contributed by atoms with Crippen LogP contribution in [0.4, 0.5) is 0 Å². The normalized spacial score (nSPS) is 17.2. The lowest BCUT2D eigenvalue weighted by atomic mass is 10.0. The SMILES string of the molecule is O=C[C@H](OCc1ccc(I)cc1)[C@@H](O)[C@H](O)[C@H](O)CO. The minimum absolute atomic E-state index is 0.0827. The van der Waals surface area contributed by atoms with Gasteiger partial charge in [0.1, 0.15) is 24.4 Å². The smallest absolute Gasteiger partial charge is 0.151 e. The number of carbonyl (C=O) groups excluding carboxylic acids is 1. The Balaban J connectivity index is 2.58. The molecule has 0 aromatic heterocycles. The van der Waals surface area contributed by atoms with Crippen LogP contribution >= 0.6 is 22.6 Å². The molecule has 20 heavy (non-hydrogen) atoms. The Morgan fingerprint density at radius 2 is 1.75 bits per heavy atom. The van der Waals surface area contributed by atoms with Crippen molar-refractivity contribution in [3.63, 3.8) is 0 Å². The summed E-state index contributed by atoms with van der Waals surface area (Å²) in [6.07, 6.45) is -5.74. The van der Waals surface area contributed by atoms with E-state index in [1.54, 1.807) is 0 Å². The van der Waals surface area contributed by atoms with E-state index < -0.39 is 31.0 Å². The molecule has 0 fully saturated rings. The molecule has 0 aliphatic heterocycles. The molecule has 0 spiro atoms. The van der Waals surface area contributed by atoms with Gasteiger partial charge in [0.2, 0.25) is 0 Å². The van der Waals surface area contributed by atoms with Gasteiger partial charge in [-0.1, -0.05) is 12.1 Å². The predicted octanol–water partition coefficient (Wildman–Crippen LogP) is -0.550. The van der Waals surface area contributed by atoms with Crippen molar-refractivity contribution >= 4 is 28.9 Å². The molecule has 4 N–H and O–H groups in total. The molecule has 0 radical (unpaired) electrons. The van der Waals surface area contributed by atoms with Crippen molar-refractivity contribution in [1.82, 2.24) is 0 Å². The topological polar surface area (TPSA) is 107 Å². The Morgan fingerprint density at radius 1 is 1.15 bits per heavy atom. The zero-order valence-electron chi connectivity index (χ0n) is 10.6. The maximum atomic E-state index is 10.9. The molecular weight excluding hydrogens is 379 g/mol. The first-order valence-electron chi connectivity index (χ1n) is 5.96. The molecular formula is C13H17IO6. The molecule has 0 heterocycles. The summed E-state index contributed by atoms with van der Waals surface area (Å²) in [7, 11) is 0. The van der Waals surface area contributed by atoms with Crippen LogP contribution in [0, 0.1) is 3.57 Å². The van der Waals surface area contributed by atoms with Crippen LogP contribution in [-0.2, 0) is 16.1 Å². The summed E-state index contributed by atoms with van der Waals surface area (Å²) in [6, 6.07) is 7.37. The Kier molecular flexibility index (Phi) is 7.56. The minimum Gasteiger partial charge on any atom is -0.394 e. The molecule has 0 aliphatic rings. The van der Waals surface area contributed by atoms with Crippen LogP contribution < -0.4 is 0 Å². The maximum absolute atomic E-state index is 10.9. The number of hydrogen-bond donors (Lipinski definition) is 4. The van der Waals surface area contributed by atoms with Crippen LogP contribution in [0.1, 0.15) is 5.56 Å². The van der Waals surface area contributed by atoms with Crippen molar-refractivity contribution in [2.24, 2.45) is 0 Å². The quantitative estimate of drug-likeness (QED) is 0.347. The van der Waals surface area contributed by atoms with E-state index in [9.17, 15) is 20.1 Å². The number of aldehydes is 1. The van der Waals surface area contributed by atoms with Gasteiger partial charge in [-0.2, -0.15) is 0 Å². The van der Waals surface area contributed by atoms with Crippen molar-refractivity contribution < 1.29 is 30.0 Å². The third-order valence-corrected chi connectivity index (χ3v) is 3.48. The lowest BCUT2D eigenvalue weighted by Gasteiger charge is -2.25. The van der Waals surface area contributed by atoms with Gasteiger partial charge in [0.15, 0.2) is 6.29 Å². The number of aliphatic hydroxyl groups is 4. The summed E-state index contributed by atoms with van der Waals surface area (Å²) < 4.78 is 6.28. The summed E-state index contributed by atoms with van der Waals surface area (Å²) in [4.78, 5) is 10.9. The van der Waals surface area contributed by atoms with Crippen LogP contribution in [0.15, 0.2) is 24.3 Å². The van der Waals surface area contributed by atoms with Gasteiger partial charge >= 0.3 is 0 Å². The van der Waals surface area contributed by atoms with E-state index in [0.717, 1.165) is 9.13 Å². The van der Waals surface area contributed by atoms with Crippen LogP contribution in [0.2, 0.25) is 0 Å². The van der Waals surface area contributed by atoms with E-state index in [2.05, 4.69) is 22.6 Å². The zero-order chi connectivity index (χ0) is 15.1. The molecule has 7 heteroatoms. The van der Waals surface area contributed by atoms with Gasteiger partial charge in [-0.15, -0.1) is 0 Å². The molecule has 0 unspecified atom stereocenters. The second kappa shape index (κ2) is 8.65. The number of carbonyl (C=O) groups is 1. The second-order valence-electron chi connectivity index (χ2n) is 4.27. The van der Waals surface area contributed by atoms with Crippen LogP contribution in [0.25, 0.3) is 0 Å². The van der Waals surface area contributed by atoms with Crippen molar-refractivity contribution in [3.8, 4) is 0 Å². The molecule has 4 atom stereocenters. The predicted molar refractivity (Wildman–Crippen MR) is 78.9 cm³/mol. The molecule has 0 amide bonds. The van der Waals surface area contributed by atoms with Gasteiger partial charge < -0.3 is 30.0 Å². The minimum atomic E-state index is -1.66. The molecule has 1 aromatic rings. The van der Waals surface area contributed by atoms with Gasteiger partial charge in [0.25, 0.3) is 0 Å². The molecule has 1 aromatic carbocycles. The average molecular weight is 396 g/mol. The molecule has 1 rings (SSSR count).